The van der Waals surface area contributed by atoms with Gasteiger partial charge in [-0.1, -0.05) is 62.1 Å². The Morgan fingerprint density at radius 1 is 1.13 bits per heavy atom. The first-order valence-electron chi connectivity index (χ1n) is 10.2. The number of carbonyl (C=O) groups excluding carboxylic acids is 1. The molecule has 0 aromatic heterocycles. The Kier molecular flexibility index (Phi) is 7.98. The number of para-hydroxylation sites is 1. The zero-order chi connectivity index (χ0) is 22.4. The Morgan fingerprint density at radius 2 is 1.90 bits per heavy atom. The third-order valence-corrected chi connectivity index (χ3v) is 5.90. The Balaban J connectivity index is 1.65. The lowest BCUT2D eigenvalue weighted by Gasteiger charge is -2.16. The van der Waals surface area contributed by atoms with E-state index in [4.69, 9.17) is 26.4 Å². The van der Waals surface area contributed by atoms with Gasteiger partial charge in [-0.3, -0.25) is 4.79 Å². The summed E-state index contributed by atoms with van der Waals surface area (Å²) in [5.41, 5.74) is 3.15. The fourth-order valence-electron chi connectivity index (χ4n) is 3.18. The molecule has 7 heteroatoms. The number of amides is 1. The monoisotopic (exact) mass is 457 g/mol. The first-order chi connectivity index (χ1) is 14.9. The number of nitrogens with one attached hydrogen (secondary N) is 1. The molecule has 3 rings (SSSR count). The van der Waals surface area contributed by atoms with Crippen LogP contribution in [-0.2, 0) is 4.79 Å². The third kappa shape index (κ3) is 6.02. The molecule has 0 bridgehead atoms. The van der Waals surface area contributed by atoms with Gasteiger partial charge >= 0.3 is 0 Å². The summed E-state index contributed by atoms with van der Waals surface area (Å²) in [6.45, 7) is 7.38. The van der Waals surface area contributed by atoms with Crippen molar-refractivity contribution in [1.29, 1.82) is 0 Å². The van der Waals surface area contributed by atoms with Crippen molar-refractivity contribution in [3.8, 4) is 17.2 Å². The topological polar surface area (TPSA) is 56.8 Å². The van der Waals surface area contributed by atoms with Gasteiger partial charge in [0.25, 0.3) is 5.91 Å². The van der Waals surface area contributed by atoms with Gasteiger partial charge in [0.05, 0.1) is 25.2 Å². The molecular formula is C24H27NO4S2. The van der Waals surface area contributed by atoms with E-state index in [1.165, 1.54) is 22.9 Å². The molecule has 1 saturated heterocycles. The molecule has 0 saturated carbocycles. The summed E-state index contributed by atoms with van der Waals surface area (Å²) in [7, 11) is 1.60. The van der Waals surface area contributed by atoms with Crippen LogP contribution in [0.5, 0.6) is 17.2 Å². The first kappa shape index (κ1) is 23.2. The maximum absolute atomic E-state index is 12.0. The molecular weight excluding hydrogens is 430 g/mol. The van der Waals surface area contributed by atoms with E-state index < -0.39 is 0 Å². The average molecular weight is 458 g/mol. The summed E-state index contributed by atoms with van der Waals surface area (Å²) in [5.74, 6) is 2.34. The van der Waals surface area contributed by atoms with Gasteiger partial charge in [-0.05, 0) is 42.2 Å². The fraction of sp³-hybridized carbons (Fsp3) is 0.333. The number of benzene rings is 2. The zero-order valence-corrected chi connectivity index (χ0v) is 19.8. The van der Waals surface area contributed by atoms with Crippen LogP contribution in [0.25, 0.3) is 6.08 Å². The van der Waals surface area contributed by atoms with Gasteiger partial charge in [-0.2, -0.15) is 0 Å². The third-order valence-electron chi connectivity index (χ3n) is 4.74. The van der Waals surface area contributed by atoms with Gasteiger partial charge in [0.1, 0.15) is 10.1 Å². The van der Waals surface area contributed by atoms with E-state index in [-0.39, 0.29) is 5.91 Å². The Morgan fingerprint density at radius 3 is 2.58 bits per heavy atom. The number of aryl methyl sites for hydroxylation is 1. The number of hydrogen-bond donors (Lipinski definition) is 1. The van der Waals surface area contributed by atoms with Crippen LogP contribution in [0, 0.1) is 6.92 Å². The van der Waals surface area contributed by atoms with E-state index >= 15 is 0 Å². The number of carbonyl (C=O) groups is 1. The Hall–Kier alpha value is -2.51. The first-order valence-corrected chi connectivity index (χ1v) is 11.4. The molecule has 0 aliphatic carbocycles. The lowest BCUT2D eigenvalue weighted by atomic mass is 10.0. The van der Waals surface area contributed by atoms with Crippen LogP contribution >= 0.6 is 24.0 Å². The van der Waals surface area contributed by atoms with Crippen LogP contribution in [0.2, 0.25) is 0 Å². The molecule has 31 heavy (non-hydrogen) atoms. The molecule has 164 valence electrons. The highest BCUT2D eigenvalue weighted by Gasteiger charge is 2.23. The van der Waals surface area contributed by atoms with Gasteiger partial charge in [-0.15, -0.1) is 0 Å². The second-order valence-corrected chi connectivity index (χ2v) is 9.20. The number of thioether (sulfide) groups is 1. The van der Waals surface area contributed by atoms with Crippen molar-refractivity contribution in [3.05, 3.63) is 58.0 Å². The van der Waals surface area contributed by atoms with Crippen molar-refractivity contribution < 1.29 is 19.0 Å². The van der Waals surface area contributed by atoms with E-state index in [1.54, 1.807) is 13.2 Å². The van der Waals surface area contributed by atoms with E-state index in [0.717, 1.165) is 11.3 Å². The number of methoxy groups -OCH3 is 1. The lowest BCUT2D eigenvalue weighted by molar-refractivity contribution is -0.115. The van der Waals surface area contributed by atoms with Crippen molar-refractivity contribution in [2.45, 2.75) is 33.1 Å². The quantitative estimate of drug-likeness (QED) is 0.306. The molecule has 0 unspecified atom stereocenters. The van der Waals surface area contributed by atoms with Crippen LogP contribution in [-0.4, -0.2) is 30.6 Å². The van der Waals surface area contributed by atoms with Crippen LogP contribution in [0.3, 0.4) is 0 Å². The predicted octanol–water partition coefficient (Wildman–Crippen LogP) is 5.46. The summed E-state index contributed by atoms with van der Waals surface area (Å²) in [6, 6.07) is 11.9. The van der Waals surface area contributed by atoms with Gasteiger partial charge in [0.2, 0.25) is 0 Å². The standard InChI is InChI=1S/C24H27NO4S2/c1-15(2)18-10-9-16(3)13-20(18)28-11-6-12-29-22-17(7-5-8-19(22)27-4)14-21-23(26)25-24(30)31-21/h5,7-10,13-15H,6,11-12H2,1-4H3,(H,25,26,30). The smallest absolute Gasteiger partial charge is 0.263 e. The molecule has 1 N–H and O–H groups in total. The second-order valence-electron chi connectivity index (χ2n) is 7.48. The minimum atomic E-state index is -0.198. The van der Waals surface area contributed by atoms with Crippen molar-refractivity contribution in [2.24, 2.45) is 0 Å². The largest absolute Gasteiger partial charge is 0.493 e. The summed E-state index contributed by atoms with van der Waals surface area (Å²) in [6.07, 6.45) is 2.48. The van der Waals surface area contributed by atoms with Crippen molar-refractivity contribution in [1.82, 2.24) is 5.32 Å². The van der Waals surface area contributed by atoms with Crippen LogP contribution in [0.4, 0.5) is 0 Å². The fourth-order valence-corrected chi connectivity index (χ4v) is 4.22. The van der Waals surface area contributed by atoms with E-state index in [0.29, 0.717) is 46.3 Å². The molecule has 1 heterocycles. The Bertz CT molecular complexity index is 1000. The molecule has 2 aromatic rings. The minimum absolute atomic E-state index is 0.198. The number of hydrogen-bond acceptors (Lipinski definition) is 6. The normalized spacial score (nSPS) is 14.8. The molecule has 0 radical (unpaired) electrons. The van der Waals surface area contributed by atoms with Gasteiger partial charge in [0, 0.05) is 12.0 Å². The van der Waals surface area contributed by atoms with Crippen LogP contribution in [0.1, 0.15) is 42.9 Å². The molecule has 0 spiro atoms. The molecule has 1 aliphatic rings. The molecule has 5 nitrogen and oxygen atoms in total. The predicted molar refractivity (Wildman–Crippen MR) is 130 cm³/mol. The summed E-state index contributed by atoms with van der Waals surface area (Å²) >= 11 is 6.30. The highest BCUT2D eigenvalue weighted by molar-refractivity contribution is 8.26. The zero-order valence-electron chi connectivity index (χ0n) is 18.2. The molecule has 1 fully saturated rings. The molecule has 1 aliphatic heterocycles. The van der Waals surface area contributed by atoms with E-state index in [9.17, 15) is 4.79 Å². The van der Waals surface area contributed by atoms with Crippen molar-refractivity contribution in [3.63, 3.8) is 0 Å². The van der Waals surface area contributed by atoms with E-state index in [1.807, 2.05) is 18.2 Å². The number of ether oxygens (including phenoxy) is 3. The van der Waals surface area contributed by atoms with Crippen LogP contribution < -0.4 is 19.5 Å². The van der Waals surface area contributed by atoms with E-state index in [2.05, 4.69) is 44.3 Å². The van der Waals surface area contributed by atoms with Crippen molar-refractivity contribution >= 4 is 40.3 Å². The minimum Gasteiger partial charge on any atom is -0.493 e. The highest BCUT2D eigenvalue weighted by Crippen LogP contribution is 2.35. The highest BCUT2D eigenvalue weighted by atomic mass is 32.2. The molecule has 0 atom stereocenters. The maximum Gasteiger partial charge on any atom is 0.263 e. The lowest BCUT2D eigenvalue weighted by Crippen LogP contribution is -2.17. The summed E-state index contributed by atoms with van der Waals surface area (Å²) in [4.78, 5) is 12.5. The SMILES string of the molecule is COc1cccc(C=C2SC(=S)NC2=O)c1OCCCOc1cc(C)ccc1C(C)C. The molecule has 2 aromatic carbocycles. The average Bonchev–Trinajstić information content (AvgIpc) is 3.05. The molecule has 1 amide bonds. The van der Waals surface area contributed by atoms with Gasteiger partial charge < -0.3 is 19.5 Å². The van der Waals surface area contributed by atoms with Crippen LogP contribution in [0.15, 0.2) is 41.3 Å². The van der Waals surface area contributed by atoms with Crippen molar-refractivity contribution in [2.75, 3.05) is 20.3 Å². The number of thiocarbonyl (C=S) groups is 1. The Labute approximate surface area is 193 Å². The number of rotatable bonds is 9. The maximum atomic E-state index is 12.0. The van der Waals surface area contributed by atoms with Gasteiger partial charge in [0.15, 0.2) is 11.5 Å². The second kappa shape index (κ2) is 10.7. The summed E-state index contributed by atoms with van der Waals surface area (Å²) < 4.78 is 18.0. The van der Waals surface area contributed by atoms with Gasteiger partial charge in [-0.25, -0.2) is 0 Å². The summed E-state index contributed by atoms with van der Waals surface area (Å²) in [5, 5.41) is 2.63.